The van der Waals surface area contributed by atoms with Crippen LogP contribution in [0.1, 0.15) is 132 Å². The molecule has 0 aliphatic rings. The molecule has 0 aromatic heterocycles. The summed E-state index contributed by atoms with van der Waals surface area (Å²) in [5.74, 6) is 2.25. The number of hydrogen-bond acceptors (Lipinski definition) is 3. The van der Waals surface area contributed by atoms with Gasteiger partial charge in [0.2, 0.25) is 0 Å². The Hall–Kier alpha value is -4.07. The van der Waals surface area contributed by atoms with Crippen molar-refractivity contribution < 1.29 is 13.6 Å². The fraction of sp³-hybridized carbons (Fsp3) is 0.400. The monoisotopic (exact) mass is 740 g/mol. The zero-order chi connectivity index (χ0) is 39.6. The summed E-state index contributed by atoms with van der Waals surface area (Å²) in [5.41, 5.74) is 5.92. The standard InChI is InChI=1S/C50H61O3P/c1-46(2,3)38-20-16-33-27-41(23-19-32(33)24-38)51-54(52-44-30-34-17-21-39(47(4,5)6)25-36(34)28-42(44)49(10,11)12)53-45-31-35-18-22-40(48(7,8)9)26-37(35)29-43(45)50(13,14)15/h16-31H,1-15H3. The maximum absolute atomic E-state index is 7.03. The number of benzene rings is 6. The van der Waals surface area contributed by atoms with Crippen molar-refractivity contribution in [3.63, 3.8) is 0 Å². The number of fused-ring (bicyclic) bond motifs is 3. The van der Waals surface area contributed by atoms with Gasteiger partial charge in [-0.25, -0.2) is 0 Å². The van der Waals surface area contributed by atoms with Crippen LogP contribution in [-0.4, -0.2) is 0 Å². The molecule has 0 radical (unpaired) electrons. The van der Waals surface area contributed by atoms with Crippen LogP contribution in [0.4, 0.5) is 0 Å². The molecule has 4 heteroatoms. The lowest BCUT2D eigenvalue weighted by atomic mass is 9.83. The molecule has 0 heterocycles. The van der Waals surface area contributed by atoms with E-state index in [1.165, 1.54) is 32.8 Å². The first kappa shape index (κ1) is 39.6. The highest BCUT2D eigenvalue weighted by Crippen LogP contribution is 2.49. The van der Waals surface area contributed by atoms with Crippen LogP contribution in [0.3, 0.4) is 0 Å². The summed E-state index contributed by atoms with van der Waals surface area (Å²) >= 11 is 0. The van der Waals surface area contributed by atoms with Crippen molar-refractivity contribution in [2.45, 2.75) is 131 Å². The highest BCUT2D eigenvalue weighted by Gasteiger charge is 2.30. The second-order valence-electron chi connectivity index (χ2n) is 20.3. The summed E-state index contributed by atoms with van der Waals surface area (Å²) in [7, 11) is -1.96. The molecule has 6 aromatic carbocycles. The Morgan fingerprint density at radius 2 is 0.648 bits per heavy atom. The normalized spacial score (nSPS) is 13.3. The minimum Gasteiger partial charge on any atom is -0.408 e. The fourth-order valence-corrected chi connectivity index (χ4v) is 7.88. The molecule has 0 spiro atoms. The van der Waals surface area contributed by atoms with Gasteiger partial charge < -0.3 is 13.6 Å². The van der Waals surface area contributed by atoms with Gasteiger partial charge in [-0.1, -0.05) is 165 Å². The highest BCUT2D eigenvalue weighted by atomic mass is 31.2. The van der Waals surface area contributed by atoms with Crippen LogP contribution in [0.2, 0.25) is 0 Å². The van der Waals surface area contributed by atoms with E-state index in [1.807, 2.05) is 6.07 Å². The molecule has 0 aliphatic heterocycles. The molecule has 0 unspecified atom stereocenters. The molecule has 0 aliphatic carbocycles. The fourth-order valence-electron chi connectivity index (χ4n) is 6.86. The van der Waals surface area contributed by atoms with Gasteiger partial charge in [0.15, 0.2) is 0 Å². The number of rotatable bonds is 6. The maximum Gasteiger partial charge on any atom is 0.530 e. The first-order valence-electron chi connectivity index (χ1n) is 19.4. The molecule has 0 atom stereocenters. The molecule has 3 nitrogen and oxygen atoms in total. The van der Waals surface area contributed by atoms with E-state index in [2.05, 4.69) is 195 Å². The maximum atomic E-state index is 7.03. The Morgan fingerprint density at radius 3 is 1.02 bits per heavy atom. The third-order valence-electron chi connectivity index (χ3n) is 10.4. The van der Waals surface area contributed by atoms with Gasteiger partial charge in [0, 0.05) is 11.1 Å². The van der Waals surface area contributed by atoms with Crippen LogP contribution in [0, 0.1) is 0 Å². The zero-order valence-corrected chi connectivity index (χ0v) is 36.3. The van der Waals surface area contributed by atoms with Crippen LogP contribution in [0.5, 0.6) is 17.2 Å². The molecule has 0 amide bonds. The Balaban J connectivity index is 1.48. The van der Waals surface area contributed by atoms with Gasteiger partial charge in [-0.3, -0.25) is 0 Å². The minimum absolute atomic E-state index is 0.0500. The highest BCUT2D eigenvalue weighted by molar-refractivity contribution is 7.43. The Labute approximate surface area is 326 Å². The van der Waals surface area contributed by atoms with E-state index in [0.717, 1.165) is 38.8 Å². The number of hydrogen-bond donors (Lipinski definition) is 0. The predicted molar refractivity (Wildman–Crippen MR) is 234 cm³/mol. The zero-order valence-electron chi connectivity index (χ0n) is 35.4. The first-order chi connectivity index (χ1) is 24.9. The lowest BCUT2D eigenvalue weighted by Crippen LogP contribution is -2.16. The van der Waals surface area contributed by atoms with Crippen LogP contribution < -0.4 is 13.6 Å². The molecule has 0 fully saturated rings. The van der Waals surface area contributed by atoms with E-state index in [4.69, 9.17) is 13.6 Å². The van der Waals surface area contributed by atoms with E-state index in [1.54, 1.807) is 0 Å². The summed E-state index contributed by atoms with van der Waals surface area (Å²) in [5, 5.41) is 6.94. The van der Waals surface area contributed by atoms with Crippen LogP contribution in [0.15, 0.2) is 97.1 Å². The molecule has 0 saturated heterocycles. The average molecular weight is 741 g/mol. The van der Waals surface area contributed by atoms with Gasteiger partial charge in [0.25, 0.3) is 0 Å². The van der Waals surface area contributed by atoms with Crippen molar-refractivity contribution in [1.29, 1.82) is 0 Å². The van der Waals surface area contributed by atoms with Gasteiger partial charge in [-0.15, -0.1) is 0 Å². The van der Waals surface area contributed by atoms with Gasteiger partial charge >= 0.3 is 8.60 Å². The van der Waals surface area contributed by atoms with Gasteiger partial charge in [0.05, 0.1) is 0 Å². The molecule has 0 N–H and O–H groups in total. The van der Waals surface area contributed by atoms with E-state index in [0.29, 0.717) is 5.75 Å². The van der Waals surface area contributed by atoms with Gasteiger partial charge in [0.1, 0.15) is 17.2 Å². The van der Waals surface area contributed by atoms with Crippen molar-refractivity contribution in [1.82, 2.24) is 0 Å². The lowest BCUT2D eigenvalue weighted by Gasteiger charge is -2.28. The summed E-state index contributed by atoms with van der Waals surface area (Å²) in [6.07, 6.45) is 0. The smallest absolute Gasteiger partial charge is 0.408 e. The largest absolute Gasteiger partial charge is 0.530 e. The Morgan fingerprint density at radius 1 is 0.315 bits per heavy atom. The summed E-state index contributed by atoms with van der Waals surface area (Å²) < 4.78 is 20.9. The molecular formula is C50H61O3P. The van der Waals surface area contributed by atoms with Gasteiger partial charge in [-0.05, 0) is 112 Å². The summed E-state index contributed by atoms with van der Waals surface area (Å²) in [4.78, 5) is 0. The molecule has 6 rings (SSSR count). The molecule has 284 valence electrons. The van der Waals surface area contributed by atoms with E-state index in [-0.39, 0.29) is 27.1 Å². The predicted octanol–water partition coefficient (Wildman–Crippen LogP) is 15.4. The first-order valence-corrected chi connectivity index (χ1v) is 20.5. The van der Waals surface area contributed by atoms with Crippen molar-refractivity contribution in [2.24, 2.45) is 0 Å². The molecule has 6 aromatic rings. The van der Waals surface area contributed by atoms with Crippen molar-refractivity contribution in [3.05, 3.63) is 125 Å². The Bertz CT molecular complexity index is 2220. The van der Waals surface area contributed by atoms with Crippen molar-refractivity contribution in [3.8, 4) is 17.2 Å². The van der Waals surface area contributed by atoms with Crippen LogP contribution in [0.25, 0.3) is 32.3 Å². The summed E-state index contributed by atoms with van der Waals surface area (Å²) in [6.45, 7) is 33.7. The topological polar surface area (TPSA) is 27.7 Å². The second kappa shape index (κ2) is 13.9. The van der Waals surface area contributed by atoms with Gasteiger partial charge in [-0.2, -0.15) is 0 Å². The van der Waals surface area contributed by atoms with Crippen molar-refractivity contribution >= 4 is 40.9 Å². The third-order valence-corrected chi connectivity index (χ3v) is 11.5. The molecule has 0 bridgehead atoms. The lowest BCUT2D eigenvalue weighted by molar-refractivity contribution is 0.378. The average Bonchev–Trinajstić information content (AvgIpc) is 3.04. The van der Waals surface area contributed by atoms with Crippen LogP contribution >= 0.6 is 8.60 Å². The molecule has 54 heavy (non-hydrogen) atoms. The quantitative estimate of drug-likeness (QED) is 0.159. The molecule has 0 saturated carbocycles. The SMILES string of the molecule is CC(C)(C)c1ccc2cc(OP(Oc3cc4ccc(C(C)(C)C)cc4cc3C(C)(C)C)Oc3cc4ccc(C(C)(C)C)cc4cc3C(C)(C)C)ccc2c1. The van der Waals surface area contributed by atoms with E-state index >= 15 is 0 Å². The van der Waals surface area contributed by atoms with Crippen LogP contribution in [-0.2, 0) is 27.1 Å². The van der Waals surface area contributed by atoms with E-state index < -0.39 is 8.60 Å². The van der Waals surface area contributed by atoms with Crippen molar-refractivity contribution in [2.75, 3.05) is 0 Å². The third kappa shape index (κ3) is 8.74. The Kier molecular flexibility index (Phi) is 10.2. The molecular weight excluding hydrogens is 680 g/mol. The second-order valence-corrected chi connectivity index (χ2v) is 21.3. The minimum atomic E-state index is -1.96. The van der Waals surface area contributed by atoms with E-state index in [9.17, 15) is 0 Å². The summed E-state index contributed by atoms with van der Waals surface area (Å²) in [6, 6.07) is 35.4.